The summed E-state index contributed by atoms with van der Waals surface area (Å²) < 4.78 is 5.17. The van der Waals surface area contributed by atoms with Crippen molar-refractivity contribution in [1.29, 1.82) is 0 Å². The molecular formula is C16H22NaO4. The third kappa shape index (κ3) is 7.65. The second kappa shape index (κ2) is 8.57. The van der Waals surface area contributed by atoms with Gasteiger partial charge in [0.15, 0.2) is 0 Å². The van der Waals surface area contributed by atoms with Gasteiger partial charge in [-0.3, -0.25) is 4.79 Å². The SMILES string of the molecule is CC(CC(=O)Oc1ccccc1C(=O)O)CC(C)(C)C.[Na]. The molecule has 1 aromatic carbocycles. The predicted octanol–water partition coefficient (Wildman–Crippen LogP) is 3.37. The normalized spacial score (nSPS) is 12.2. The molecule has 0 saturated heterocycles. The van der Waals surface area contributed by atoms with Crippen LogP contribution in [0.5, 0.6) is 5.75 Å². The molecule has 0 aromatic heterocycles. The molecule has 0 saturated carbocycles. The monoisotopic (exact) mass is 301 g/mol. The molecule has 1 aromatic rings. The van der Waals surface area contributed by atoms with Gasteiger partial charge in [0.2, 0.25) is 0 Å². The van der Waals surface area contributed by atoms with E-state index in [1.807, 2.05) is 6.92 Å². The quantitative estimate of drug-likeness (QED) is 0.514. The summed E-state index contributed by atoms with van der Waals surface area (Å²) in [5.74, 6) is -1.20. The van der Waals surface area contributed by atoms with Gasteiger partial charge in [0.1, 0.15) is 11.3 Å². The van der Waals surface area contributed by atoms with E-state index in [4.69, 9.17) is 9.84 Å². The van der Waals surface area contributed by atoms with Crippen LogP contribution in [0.1, 0.15) is 50.9 Å². The van der Waals surface area contributed by atoms with Crippen molar-refractivity contribution in [1.82, 2.24) is 0 Å². The first kappa shape index (κ1) is 20.2. The van der Waals surface area contributed by atoms with E-state index in [0.29, 0.717) is 0 Å². The molecule has 21 heavy (non-hydrogen) atoms. The summed E-state index contributed by atoms with van der Waals surface area (Å²) in [6.07, 6.45) is 1.19. The van der Waals surface area contributed by atoms with Crippen LogP contribution in [0.4, 0.5) is 0 Å². The largest absolute Gasteiger partial charge is 0.478 e. The van der Waals surface area contributed by atoms with E-state index in [1.165, 1.54) is 12.1 Å². The molecular weight excluding hydrogens is 279 g/mol. The van der Waals surface area contributed by atoms with Crippen LogP contribution >= 0.6 is 0 Å². The summed E-state index contributed by atoms with van der Waals surface area (Å²) in [6, 6.07) is 6.16. The summed E-state index contributed by atoms with van der Waals surface area (Å²) in [7, 11) is 0. The Bertz CT molecular complexity index is 491. The Balaban J connectivity index is 0.00000400. The van der Waals surface area contributed by atoms with Crippen LogP contribution in [0.25, 0.3) is 0 Å². The smallest absolute Gasteiger partial charge is 0.339 e. The molecule has 0 spiro atoms. The van der Waals surface area contributed by atoms with Crippen LogP contribution in [0.3, 0.4) is 0 Å². The molecule has 1 atom stereocenters. The van der Waals surface area contributed by atoms with Crippen LogP contribution in [0.15, 0.2) is 24.3 Å². The number of hydrogen-bond donors (Lipinski definition) is 1. The molecule has 0 bridgehead atoms. The average Bonchev–Trinajstić information content (AvgIpc) is 2.26. The number of carboxylic acid groups (broad SMARTS) is 1. The van der Waals surface area contributed by atoms with Crippen molar-refractivity contribution in [2.45, 2.75) is 40.5 Å². The van der Waals surface area contributed by atoms with Crippen molar-refractivity contribution >= 4 is 41.5 Å². The Labute approximate surface area is 148 Å². The predicted molar refractivity (Wildman–Crippen MR) is 82.6 cm³/mol. The first-order chi connectivity index (χ1) is 9.19. The van der Waals surface area contributed by atoms with Gasteiger partial charge in [-0.1, -0.05) is 39.8 Å². The van der Waals surface area contributed by atoms with E-state index < -0.39 is 11.9 Å². The Morgan fingerprint density at radius 1 is 1.24 bits per heavy atom. The van der Waals surface area contributed by atoms with Gasteiger partial charge in [-0.05, 0) is 29.9 Å². The molecule has 1 radical (unpaired) electrons. The second-order valence-electron chi connectivity index (χ2n) is 6.35. The van der Waals surface area contributed by atoms with Gasteiger partial charge in [-0.25, -0.2) is 4.79 Å². The van der Waals surface area contributed by atoms with Crippen molar-refractivity contribution < 1.29 is 19.4 Å². The standard InChI is InChI=1S/C16H22O4.Na/c1-11(10-16(2,3)4)9-14(17)20-13-8-6-5-7-12(13)15(18)19;/h5-8,11H,9-10H2,1-4H3,(H,18,19);. The van der Waals surface area contributed by atoms with E-state index in [2.05, 4.69) is 20.8 Å². The van der Waals surface area contributed by atoms with Gasteiger partial charge in [0.25, 0.3) is 0 Å². The molecule has 5 heteroatoms. The third-order valence-corrected chi connectivity index (χ3v) is 2.82. The summed E-state index contributed by atoms with van der Waals surface area (Å²) in [5.41, 5.74) is 0.155. The fourth-order valence-corrected chi connectivity index (χ4v) is 2.30. The van der Waals surface area contributed by atoms with Gasteiger partial charge in [-0.2, -0.15) is 0 Å². The number of carbonyl (C=O) groups is 2. The molecule has 0 heterocycles. The number of aromatic carboxylic acids is 1. The Hall–Kier alpha value is -0.840. The number of rotatable bonds is 5. The van der Waals surface area contributed by atoms with Crippen molar-refractivity contribution in [3.05, 3.63) is 29.8 Å². The molecule has 0 aliphatic heterocycles. The summed E-state index contributed by atoms with van der Waals surface area (Å²) in [5, 5.41) is 9.02. The Morgan fingerprint density at radius 3 is 2.33 bits per heavy atom. The molecule has 1 rings (SSSR count). The first-order valence-corrected chi connectivity index (χ1v) is 6.72. The zero-order valence-electron chi connectivity index (χ0n) is 13.5. The van der Waals surface area contributed by atoms with Crippen LogP contribution in [0, 0.1) is 11.3 Å². The van der Waals surface area contributed by atoms with Gasteiger partial charge < -0.3 is 9.84 Å². The number of ether oxygens (including phenoxy) is 1. The number of hydrogen-bond acceptors (Lipinski definition) is 3. The number of carbonyl (C=O) groups excluding carboxylic acids is 1. The third-order valence-electron chi connectivity index (χ3n) is 2.82. The summed E-state index contributed by atoms with van der Waals surface area (Å²) in [6.45, 7) is 8.35. The molecule has 1 N–H and O–H groups in total. The summed E-state index contributed by atoms with van der Waals surface area (Å²) >= 11 is 0. The van der Waals surface area contributed by atoms with Crippen molar-refractivity contribution in [3.8, 4) is 5.75 Å². The van der Waals surface area contributed by atoms with Crippen LogP contribution in [-0.2, 0) is 4.79 Å². The molecule has 0 amide bonds. The van der Waals surface area contributed by atoms with Crippen molar-refractivity contribution in [3.63, 3.8) is 0 Å². The average molecular weight is 301 g/mol. The second-order valence-corrected chi connectivity index (χ2v) is 6.35. The number of para-hydroxylation sites is 1. The van der Waals surface area contributed by atoms with Crippen LogP contribution < -0.4 is 4.74 Å². The van der Waals surface area contributed by atoms with Crippen LogP contribution in [-0.4, -0.2) is 46.6 Å². The van der Waals surface area contributed by atoms with Gasteiger partial charge >= 0.3 is 11.9 Å². The van der Waals surface area contributed by atoms with Gasteiger partial charge in [0, 0.05) is 36.0 Å². The van der Waals surface area contributed by atoms with Crippen LogP contribution in [0.2, 0.25) is 0 Å². The van der Waals surface area contributed by atoms with E-state index in [1.54, 1.807) is 12.1 Å². The number of esters is 1. The molecule has 0 fully saturated rings. The van der Waals surface area contributed by atoms with E-state index in [-0.39, 0.29) is 58.6 Å². The van der Waals surface area contributed by atoms with E-state index >= 15 is 0 Å². The van der Waals surface area contributed by atoms with Crippen molar-refractivity contribution in [2.75, 3.05) is 0 Å². The van der Waals surface area contributed by atoms with Gasteiger partial charge in [-0.15, -0.1) is 0 Å². The minimum atomic E-state index is -1.10. The topological polar surface area (TPSA) is 63.6 Å². The zero-order valence-corrected chi connectivity index (χ0v) is 15.5. The Kier molecular flexibility index (Phi) is 8.22. The number of carboxylic acids is 1. The maximum absolute atomic E-state index is 11.9. The minimum Gasteiger partial charge on any atom is -0.478 e. The molecule has 0 aliphatic rings. The molecule has 0 aliphatic carbocycles. The maximum Gasteiger partial charge on any atom is 0.339 e. The molecule has 111 valence electrons. The zero-order chi connectivity index (χ0) is 15.3. The molecule has 4 nitrogen and oxygen atoms in total. The van der Waals surface area contributed by atoms with Gasteiger partial charge in [0.05, 0.1) is 0 Å². The minimum absolute atomic E-state index is 0. The molecule has 1 unspecified atom stereocenters. The fourth-order valence-electron chi connectivity index (χ4n) is 2.30. The number of benzene rings is 1. The summed E-state index contributed by atoms with van der Waals surface area (Å²) in [4.78, 5) is 22.9. The van der Waals surface area contributed by atoms with E-state index in [9.17, 15) is 9.59 Å². The first-order valence-electron chi connectivity index (χ1n) is 6.72. The maximum atomic E-state index is 11.9. The Morgan fingerprint density at radius 2 is 1.81 bits per heavy atom. The fraction of sp³-hybridized carbons (Fsp3) is 0.500. The van der Waals surface area contributed by atoms with E-state index in [0.717, 1.165) is 6.42 Å². The van der Waals surface area contributed by atoms with Crippen molar-refractivity contribution in [2.24, 2.45) is 11.3 Å².